The lowest BCUT2D eigenvalue weighted by Crippen LogP contribution is -2.30. The number of hydrogen-bond acceptors (Lipinski definition) is 8. The van der Waals surface area contributed by atoms with Gasteiger partial charge in [-0.1, -0.05) is 19.1 Å². The van der Waals surface area contributed by atoms with E-state index in [0.717, 1.165) is 16.2 Å². The van der Waals surface area contributed by atoms with Gasteiger partial charge in [0.1, 0.15) is 5.76 Å². The molecule has 1 aromatic heterocycles. The van der Waals surface area contributed by atoms with Gasteiger partial charge in [0.25, 0.3) is 0 Å². The number of alkyl halides is 3. The van der Waals surface area contributed by atoms with Crippen molar-refractivity contribution in [1.29, 1.82) is 0 Å². The molecule has 0 saturated carbocycles. The molecule has 0 spiro atoms. The number of aromatic nitrogens is 1. The highest BCUT2D eigenvalue weighted by atomic mass is 32.2. The summed E-state index contributed by atoms with van der Waals surface area (Å²) in [5, 5.41) is 0.797. The van der Waals surface area contributed by atoms with E-state index in [2.05, 4.69) is 8.56 Å². The zero-order chi connectivity index (χ0) is 21.9. The molecule has 0 saturated heterocycles. The van der Waals surface area contributed by atoms with E-state index in [1.807, 2.05) is 24.3 Å². The Labute approximate surface area is 174 Å². The number of carbonyl (C=O) groups excluding carboxylic acids is 1. The molecule has 0 aliphatic heterocycles. The van der Waals surface area contributed by atoms with Gasteiger partial charge >= 0.3 is 21.6 Å². The van der Waals surface area contributed by atoms with Crippen LogP contribution in [0.15, 0.2) is 36.1 Å². The van der Waals surface area contributed by atoms with E-state index < -0.39 is 33.8 Å². The van der Waals surface area contributed by atoms with E-state index >= 15 is 0 Å². The van der Waals surface area contributed by atoms with Gasteiger partial charge in [-0.2, -0.15) is 26.0 Å². The molecule has 164 valence electrons. The van der Waals surface area contributed by atoms with Crippen molar-refractivity contribution in [2.45, 2.75) is 44.4 Å². The van der Waals surface area contributed by atoms with Gasteiger partial charge in [0.15, 0.2) is 0 Å². The van der Waals surface area contributed by atoms with Gasteiger partial charge in [0, 0.05) is 12.8 Å². The molecule has 30 heavy (non-hydrogen) atoms. The number of hydrogen-bond donors (Lipinski definition) is 0. The molecule has 7 nitrogen and oxygen atoms in total. The van der Waals surface area contributed by atoms with Crippen molar-refractivity contribution in [2.75, 3.05) is 0 Å². The summed E-state index contributed by atoms with van der Waals surface area (Å²) in [4.78, 5) is 12.4. The third-order valence-electron chi connectivity index (χ3n) is 4.37. The number of allylic oxidation sites excluding steroid dienone is 2. The van der Waals surface area contributed by atoms with Crippen LogP contribution in [0.3, 0.4) is 0 Å². The molecule has 1 aliphatic rings. The molecule has 0 fully saturated rings. The number of benzene rings is 1. The van der Waals surface area contributed by atoms with E-state index in [1.54, 1.807) is 6.92 Å². The van der Waals surface area contributed by atoms with Crippen molar-refractivity contribution in [2.24, 2.45) is 5.92 Å². The summed E-state index contributed by atoms with van der Waals surface area (Å²) in [7, 11) is -5.72. The summed E-state index contributed by atoms with van der Waals surface area (Å²) in [6.45, 7) is 1.77. The highest BCUT2D eigenvalue weighted by molar-refractivity contribution is 7.87. The Morgan fingerprint density at radius 3 is 2.70 bits per heavy atom. The highest BCUT2D eigenvalue weighted by Crippen LogP contribution is 2.33. The minimum absolute atomic E-state index is 0.00237. The van der Waals surface area contributed by atoms with Crippen LogP contribution in [0.25, 0.3) is 10.1 Å². The Morgan fingerprint density at radius 2 is 2.07 bits per heavy atom. The second-order valence-corrected chi connectivity index (χ2v) is 8.84. The quantitative estimate of drug-likeness (QED) is 0.257. The Kier molecular flexibility index (Phi) is 6.56. The summed E-state index contributed by atoms with van der Waals surface area (Å²) in [6, 6.07) is 7.44. The maximum Gasteiger partial charge on any atom is 0.534 e. The van der Waals surface area contributed by atoms with Gasteiger partial charge in [-0.15, -0.1) is 0 Å². The topological polar surface area (TPSA) is 91.8 Å². The molecule has 0 bridgehead atoms. The second kappa shape index (κ2) is 8.80. The summed E-state index contributed by atoms with van der Waals surface area (Å²) < 4.78 is 79.7. The average molecular weight is 465 g/mol. The molecule has 1 aliphatic carbocycles. The number of esters is 1. The van der Waals surface area contributed by atoms with Gasteiger partial charge in [-0.05, 0) is 42.6 Å². The fourth-order valence-corrected chi connectivity index (χ4v) is 4.02. The first kappa shape index (κ1) is 22.3. The van der Waals surface area contributed by atoms with Crippen LogP contribution >= 0.6 is 11.5 Å². The lowest BCUT2D eigenvalue weighted by atomic mass is 9.93. The van der Waals surface area contributed by atoms with Gasteiger partial charge in [-0.25, -0.2) is 0 Å². The van der Waals surface area contributed by atoms with E-state index in [4.69, 9.17) is 9.47 Å². The Morgan fingerprint density at radius 1 is 1.33 bits per heavy atom. The maximum atomic E-state index is 12.4. The molecule has 1 aromatic carbocycles. The number of carbonyl (C=O) groups is 1. The molecule has 2 atom stereocenters. The first-order chi connectivity index (χ1) is 14.1. The number of halogens is 3. The van der Waals surface area contributed by atoms with Crippen LogP contribution in [0.1, 0.15) is 32.6 Å². The summed E-state index contributed by atoms with van der Waals surface area (Å²) >= 11 is 1.25. The number of nitrogens with zero attached hydrogens (tertiary/aromatic N) is 1. The molecule has 12 heteroatoms. The van der Waals surface area contributed by atoms with Crippen LogP contribution in [0, 0.1) is 5.92 Å². The van der Waals surface area contributed by atoms with Crippen molar-refractivity contribution in [3.8, 4) is 5.88 Å². The lowest BCUT2D eigenvalue weighted by Gasteiger charge is -2.23. The van der Waals surface area contributed by atoms with Crippen molar-refractivity contribution >= 4 is 37.7 Å². The van der Waals surface area contributed by atoms with Gasteiger partial charge in [0.05, 0.1) is 16.0 Å². The van der Waals surface area contributed by atoms with E-state index in [0.29, 0.717) is 12.3 Å². The first-order valence-electron chi connectivity index (χ1n) is 9.02. The minimum atomic E-state index is -5.72. The molecule has 0 N–H and O–H groups in total. The summed E-state index contributed by atoms with van der Waals surface area (Å²) in [5.41, 5.74) is -5.50. The lowest BCUT2D eigenvalue weighted by molar-refractivity contribution is -0.169. The zero-order valence-electron chi connectivity index (χ0n) is 15.7. The van der Waals surface area contributed by atoms with Crippen molar-refractivity contribution in [1.82, 2.24) is 4.37 Å². The van der Waals surface area contributed by atoms with Gasteiger partial charge < -0.3 is 13.7 Å². The SMILES string of the molecule is CCC(OC(=O)C1CC=C(OS(=O)(=O)C(F)(F)F)CC1)Oc1nsc2ccccc12. The van der Waals surface area contributed by atoms with E-state index in [1.165, 1.54) is 11.5 Å². The molecular formula is C18H18F3NO6S2. The van der Waals surface area contributed by atoms with Crippen molar-refractivity contribution < 1.29 is 40.0 Å². The third-order valence-corrected chi connectivity index (χ3v) is 6.18. The van der Waals surface area contributed by atoms with E-state index in [9.17, 15) is 26.4 Å². The highest BCUT2D eigenvalue weighted by Gasteiger charge is 2.49. The molecule has 2 aromatic rings. The van der Waals surface area contributed by atoms with Crippen LogP contribution in [-0.4, -0.2) is 30.6 Å². The predicted molar refractivity (Wildman–Crippen MR) is 102 cm³/mol. The van der Waals surface area contributed by atoms with Crippen molar-refractivity contribution in [3.63, 3.8) is 0 Å². The van der Waals surface area contributed by atoms with Crippen LogP contribution in [0.4, 0.5) is 13.2 Å². The largest absolute Gasteiger partial charge is 0.534 e. The fourth-order valence-electron chi connectivity index (χ4n) is 2.78. The van der Waals surface area contributed by atoms with Gasteiger partial charge in [-0.3, -0.25) is 4.79 Å². The van der Waals surface area contributed by atoms with Gasteiger partial charge in [0.2, 0.25) is 12.2 Å². The predicted octanol–water partition coefficient (Wildman–Crippen LogP) is 4.50. The third kappa shape index (κ3) is 5.04. The van der Waals surface area contributed by atoms with Crippen LogP contribution in [0.2, 0.25) is 0 Å². The first-order valence-corrected chi connectivity index (χ1v) is 11.2. The van der Waals surface area contributed by atoms with Crippen LogP contribution in [-0.2, 0) is 23.8 Å². The smallest absolute Gasteiger partial charge is 0.436 e. The van der Waals surface area contributed by atoms with Crippen LogP contribution in [0.5, 0.6) is 5.88 Å². The van der Waals surface area contributed by atoms with E-state index in [-0.39, 0.29) is 25.0 Å². The van der Waals surface area contributed by atoms with Crippen molar-refractivity contribution in [3.05, 3.63) is 36.1 Å². The Hall–Kier alpha value is -2.34. The summed E-state index contributed by atoms with van der Waals surface area (Å²) in [5.74, 6) is -1.22. The molecule has 0 amide bonds. The van der Waals surface area contributed by atoms with Crippen LogP contribution < -0.4 is 4.74 Å². The molecular weight excluding hydrogens is 447 g/mol. The number of ether oxygens (including phenoxy) is 2. The average Bonchev–Trinajstić information content (AvgIpc) is 3.09. The normalized spacial score (nSPS) is 18.5. The number of rotatable bonds is 7. The zero-order valence-corrected chi connectivity index (χ0v) is 17.3. The monoisotopic (exact) mass is 465 g/mol. The maximum absolute atomic E-state index is 12.4. The Bertz CT molecular complexity index is 1050. The molecule has 2 unspecified atom stereocenters. The Balaban J connectivity index is 1.58. The second-order valence-electron chi connectivity index (χ2n) is 6.50. The summed E-state index contributed by atoms with van der Waals surface area (Å²) in [6.07, 6.45) is 0.595. The number of fused-ring (bicyclic) bond motifs is 1. The molecule has 0 radical (unpaired) electrons. The minimum Gasteiger partial charge on any atom is -0.436 e. The fraction of sp³-hybridized carbons (Fsp3) is 0.444. The molecule has 1 heterocycles. The standard InChI is InChI=1S/C18H18F3NO6S2/c1-2-15(26-16-13-5-3-4-6-14(13)29-22-16)27-17(23)11-7-9-12(10-8-11)28-30(24,25)18(19,20)21/h3-6,9,11,15H,2,7-8,10H2,1H3. The molecule has 3 rings (SSSR count).